The summed E-state index contributed by atoms with van der Waals surface area (Å²) in [4.78, 5) is 23.9. The van der Waals surface area contributed by atoms with E-state index in [0.29, 0.717) is 0 Å². The molecule has 1 saturated heterocycles. The lowest BCUT2D eigenvalue weighted by Crippen LogP contribution is -2.46. The van der Waals surface area contributed by atoms with Crippen LogP contribution in [0.5, 0.6) is 0 Å². The number of thiophene rings is 1. The van der Waals surface area contributed by atoms with Gasteiger partial charge >= 0.3 is 0 Å². The van der Waals surface area contributed by atoms with Crippen molar-refractivity contribution in [2.24, 2.45) is 0 Å². The Balaban J connectivity index is 1.32. The number of piperazine rings is 1. The van der Waals surface area contributed by atoms with E-state index in [1.54, 1.807) is 0 Å². The number of amides is 1. The van der Waals surface area contributed by atoms with Gasteiger partial charge in [-0.25, -0.2) is 4.98 Å². The number of aromatic nitrogens is 1. The molecule has 0 aliphatic carbocycles. The number of rotatable bonds is 6. The third kappa shape index (κ3) is 4.35. The molecule has 0 atom stereocenters. The first-order valence-corrected chi connectivity index (χ1v) is 11.0. The van der Waals surface area contributed by atoms with E-state index in [4.69, 9.17) is 4.98 Å². The van der Waals surface area contributed by atoms with Gasteiger partial charge in [0.1, 0.15) is 4.83 Å². The number of fused-ring (bicyclic) bond motifs is 2. The number of carbonyl (C=O) groups is 1. The van der Waals surface area contributed by atoms with Crippen LogP contribution < -0.4 is 5.32 Å². The van der Waals surface area contributed by atoms with Gasteiger partial charge in [0.25, 0.3) is 5.91 Å². The average molecular weight is 397 g/mol. The van der Waals surface area contributed by atoms with Crippen molar-refractivity contribution in [3.8, 4) is 0 Å². The number of hydrogen-bond donors (Lipinski definition) is 1. The summed E-state index contributed by atoms with van der Waals surface area (Å²) in [5.41, 5.74) is 2.20. The zero-order chi connectivity index (χ0) is 19.5. The molecule has 1 amide bonds. The van der Waals surface area contributed by atoms with Crippen molar-refractivity contribution in [2.75, 3.05) is 45.8 Å². The molecule has 1 fully saturated rings. The fourth-order valence-corrected chi connectivity index (χ4v) is 4.73. The number of aryl methyl sites for hydroxylation is 1. The van der Waals surface area contributed by atoms with Crippen molar-refractivity contribution >= 4 is 38.4 Å². The summed E-state index contributed by atoms with van der Waals surface area (Å²) in [5, 5.41) is 5.25. The Morgan fingerprint density at radius 3 is 2.68 bits per heavy atom. The molecule has 4 rings (SSSR count). The molecule has 6 heteroatoms. The molecule has 148 valence electrons. The van der Waals surface area contributed by atoms with Crippen molar-refractivity contribution in [1.29, 1.82) is 0 Å². The zero-order valence-corrected chi connectivity index (χ0v) is 17.5. The number of carbonyl (C=O) groups excluding carboxylic acids is 1. The third-order valence-electron chi connectivity index (χ3n) is 5.53. The summed E-state index contributed by atoms with van der Waals surface area (Å²) < 4.78 is 0. The Kier molecular flexibility index (Phi) is 5.90. The van der Waals surface area contributed by atoms with Gasteiger partial charge in [0, 0.05) is 43.5 Å². The van der Waals surface area contributed by atoms with E-state index < -0.39 is 0 Å². The Labute approximate surface area is 170 Å². The monoisotopic (exact) mass is 396 g/mol. The molecular weight excluding hydrogens is 368 g/mol. The molecule has 1 aliphatic heterocycles. The van der Waals surface area contributed by atoms with Gasteiger partial charge < -0.3 is 15.1 Å². The summed E-state index contributed by atoms with van der Waals surface area (Å²) >= 11 is 1.47. The van der Waals surface area contributed by atoms with Crippen LogP contribution in [-0.4, -0.2) is 66.5 Å². The maximum Gasteiger partial charge on any atom is 0.261 e. The van der Waals surface area contributed by atoms with Crippen LogP contribution in [0.15, 0.2) is 30.3 Å². The standard InChI is InChI=1S/C22H28N4OS/c1-3-25-9-11-26(12-10-25)8-4-7-23-21(27)20-15-18-14-17-13-16(2)5-6-19(17)24-22(18)28-20/h5-6,13-15H,3-4,7-12H2,1-2H3,(H,23,27). The largest absolute Gasteiger partial charge is 0.351 e. The van der Waals surface area contributed by atoms with E-state index in [1.807, 2.05) is 12.1 Å². The topological polar surface area (TPSA) is 48.5 Å². The number of pyridine rings is 1. The first kappa shape index (κ1) is 19.3. The van der Waals surface area contributed by atoms with Gasteiger partial charge in [-0.15, -0.1) is 11.3 Å². The van der Waals surface area contributed by atoms with Gasteiger partial charge in [-0.1, -0.05) is 18.6 Å². The lowest BCUT2D eigenvalue weighted by molar-refractivity contribution is 0.0952. The number of benzene rings is 1. The average Bonchev–Trinajstić information content (AvgIpc) is 3.12. The van der Waals surface area contributed by atoms with Crippen LogP contribution in [-0.2, 0) is 0 Å². The quantitative estimate of drug-likeness (QED) is 0.648. The highest BCUT2D eigenvalue weighted by Gasteiger charge is 2.15. The highest BCUT2D eigenvalue weighted by atomic mass is 32.1. The highest BCUT2D eigenvalue weighted by Crippen LogP contribution is 2.27. The molecule has 2 aromatic heterocycles. The Hall–Kier alpha value is -2.02. The van der Waals surface area contributed by atoms with Crippen LogP contribution in [0.25, 0.3) is 21.1 Å². The lowest BCUT2D eigenvalue weighted by atomic mass is 10.1. The Bertz CT molecular complexity index is 975. The van der Waals surface area contributed by atoms with E-state index >= 15 is 0 Å². The molecule has 0 spiro atoms. The molecule has 0 saturated carbocycles. The maximum absolute atomic E-state index is 12.5. The Morgan fingerprint density at radius 2 is 1.89 bits per heavy atom. The summed E-state index contributed by atoms with van der Waals surface area (Å²) in [7, 11) is 0. The second-order valence-corrected chi connectivity index (χ2v) is 8.61. The number of nitrogens with one attached hydrogen (secondary N) is 1. The molecule has 3 aromatic rings. The van der Waals surface area contributed by atoms with E-state index in [2.05, 4.69) is 47.2 Å². The predicted molar refractivity (Wildman–Crippen MR) is 117 cm³/mol. The summed E-state index contributed by atoms with van der Waals surface area (Å²) in [6.45, 7) is 11.8. The number of nitrogens with zero attached hydrogens (tertiary/aromatic N) is 3. The van der Waals surface area contributed by atoms with Crippen molar-refractivity contribution in [3.05, 3.63) is 40.8 Å². The van der Waals surface area contributed by atoms with Crippen LogP contribution in [0, 0.1) is 6.92 Å². The number of likely N-dealkylation sites (N-methyl/N-ethyl adjacent to an activating group) is 1. The SMILES string of the molecule is CCN1CCN(CCCNC(=O)c2cc3cc4cc(C)ccc4nc3s2)CC1. The molecular formula is C22H28N4OS. The predicted octanol–water partition coefficient (Wildman–Crippen LogP) is 3.52. The summed E-state index contributed by atoms with van der Waals surface area (Å²) in [5.74, 6) is 0.0130. The van der Waals surface area contributed by atoms with Crippen molar-refractivity contribution in [3.63, 3.8) is 0 Å². The maximum atomic E-state index is 12.5. The number of hydrogen-bond acceptors (Lipinski definition) is 5. The lowest BCUT2D eigenvalue weighted by Gasteiger charge is -2.33. The molecule has 1 aliphatic rings. The normalized spacial score (nSPS) is 16.1. The zero-order valence-electron chi connectivity index (χ0n) is 16.7. The molecule has 0 radical (unpaired) electrons. The van der Waals surface area contributed by atoms with E-state index in [0.717, 1.165) is 78.2 Å². The van der Waals surface area contributed by atoms with Gasteiger partial charge in [-0.3, -0.25) is 4.79 Å². The summed E-state index contributed by atoms with van der Waals surface area (Å²) in [6.07, 6.45) is 0.990. The molecule has 5 nitrogen and oxygen atoms in total. The fourth-order valence-electron chi connectivity index (χ4n) is 3.79. The molecule has 0 bridgehead atoms. The van der Waals surface area contributed by atoms with Crippen molar-refractivity contribution in [2.45, 2.75) is 20.3 Å². The molecule has 0 unspecified atom stereocenters. The van der Waals surface area contributed by atoms with Crippen LogP contribution in [0.3, 0.4) is 0 Å². The van der Waals surface area contributed by atoms with Crippen molar-refractivity contribution in [1.82, 2.24) is 20.1 Å². The molecule has 1 N–H and O–H groups in total. The van der Waals surface area contributed by atoms with Crippen LogP contribution in [0.2, 0.25) is 0 Å². The smallest absolute Gasteiger partial charge is 0.261 e. The minimum atomic E-state index is 0.0130. The van der Waals surface area contributed by atoms with E-state index in [1.165, 1.54) is 16.9 Å². The van der Waals surface area contributed by atoms with Gasteiger partial charge in [-0.2, -0.15) is 0 Å². The van der Waals surface area contributed by atoms with Gasteiger partial charge in [0.2, 0.25) is 0 Å². The van der Waals surface area contributed by atoms with E-state index in [-0.39, 0.29) is 5.91 Å². The third-order valence-corrected chi connectivity index (χ3v) is 6.57. The van der Waals surface area contributed by atoms with Gasteiger partial charge in [-0.05, 0) is 50.7 Å². The summed E-state index contributed by atoms with van der Waals surface area (Å²) in [6, 6.07) is 10.4. The minimum Gasteiger partial charge on any atom is -0.351 e. The van der Waals surface area contributed by atoms with Crippen LogP contribution >= 0.6 is 11.3 Å². The first-order valence-electron chi connectivity index (χ1n) is 10.2. The van der Waals surface area contributed by atoms with Crippen LogP contribution in [0.1, 0.15) is 28.6 Å². The highest BCUT2D eigenvalue weighted by molar-refractivity contribution is 7.20. The second kappa shape index (κ2) is 8.55. The molecule has 1 aromatic carbocycles. The minimum absolute atomic E-state index is 0.0130. The van der Waals surface area contributed by atoms with Gasteiger partial charge in [0.05, 0.1) is 10.4 Å². The van der Waals surface area contributed by atoms with Crippen LogP contribution in [0.4, 0.5) is 0 Å². The van der Waals surface area contributed by atoms with E-state index in [9.17, 15) is 4.79 Å². The van der Waals surface area contributed by atoms with Crippen molar-refractivity contribution < 1.29 is 4.79 Å². The molecule has 3 heterocycles. The Morgan fingerprint density at radius 1 is 1.11 bits per heavy atom. The fraction of sp³-hybridized carbons (Fsp3) is 0.455. The second-order valence-electron chi connectivity index (χ2n) is 7.57. The molecule has 28 heavy (non-hydrogen) atoms. The first-order chi connectivity index (χ1) is 13.6. The van der Waals surface area contributed by atoms with Gasteiger partial charge in [0.15, 0.2) is 0 Å².